The lowest BCUT2D eigenvalue weighted by atomic mass is 10.0. The van der Waals surface area contributed by atoms with Gasteiger partial charge in [0.15, 0.2) is 0 Å². The Hall–Kier alpha value is -2.80. The van der Waals surface area contributed by atoms with Crippen molar-refractivity contribution in [1.29, 1.82) is 0 Å². The third-order valence-corrected chi connectivity index (χ3v) is 3.94. The van der Waals surface area contributed by atoms with Gasteiger partial charge in [0.2, 0.25) is 6.41 Å². The van der Waals surface area contributed by atoms with Crippen LogP contribution in [0.15, 0.2) is 42.5 Å². The van der Waals surface area contributed by atoms with Gasteiger partial charge in [0.25, 0.3) is 0 Å². The van der Waals surface area contributed by atoms with E-state index in [0.717, 1.165) is 16.7 Å². The van der Waals surface area contributed by atoms with Gasteiger partial charge < -0.3 is 15.2 Å². The Morgan fingerprint density at radius 3 is 2.36 bits per heavy atom. The number of amides is 1. The maximum Gasteiger partial charge on any atom is 0.346 e. The summed E-state index contributed by atoms with van der Waals surface area (Å²) >= 11 is 0. The van der Waals surface area contributed by atoms with E-state index in [9.17, 15) is 13.6 Å². The molecule has 0 fully saturated rings. The fourth-order valence-electron chi connectivity index (χ4n) is 3.11. The Labute approximate surface area is 162 Å². The summed E-state index contributed by atoms with van der Waals surface area (Å²) in [5, 5.41) is 0. The normalized spacial score (nSPS) is 14.6. The van der Waals surface area contributed by atoms with Crippen LogP contribution in [0.3, 0.4) is 0 Å². The zero-order chi connectivity index (χ0) is 20.9. The van der Waals surface area contributed by atoms with Crippen LogP contribution in [0.25, 0.3) is 11.1 Å². The summed E-state index contributed by atoms with van der Waals surface area (Å²) in [5.74, 6) is -0.320. The minimum Gasteiger partial charge on any atom is -0.460 e. The summed E-state index contributed by atoms with van der Waals surface area (Å²) in [5.41, 5.74) is 7.48. The molecule has 28 heavy (non-hydrogen) atoms. The van der Waals surface area contributed by atoms with Crippen molar-refractivity contribution in [3.05, 3.63) is 59.2 Å². The van der Waals surface area contributed by atoms with E-state index in [-0.39, 0.29) is 18.8 Å². The Balaban J connectivity index is 0.000000878. The first kappa shape index (κ1) is 21.5. The largest absolute Gasteiger partial charge is 0.460 e. The minimum absolute atomic E-state index is 0.132. The summed E-state index contributed by atoms with van der Waals surface area (Å²) in [6, 6.07) is 12.7. The number of esters is 1. The lowest BCUT2D eigenvalue weighted by Gasteiger charge is -2.19. The van der Waals surface area contributed by atoms with Crippen LogP contribution in [0.5, 0.6) is 0 Å². The molecule has 3 rings (SSSR count). The van der Waals surface area contributed by atoms with E-state index in [4.69, 9.17) is 14.3 Å². The van der Waals surface area contributed by atoms with Gasteiger partial charge in [0, 0.05) is 0 Å². The lowest BCUT2D eigenvalue weighted by Crippen LogP contribution is -2.24. The molecule has 5 nitrogen and oxygen atoms in total. The first-order chi connectivity index (χ1) is 13.2. The van der Waals surface area contributed by atoms with E-state index in [1.54, 1.807) is 24.3 Å². The fraction of sp³-hybridized carbons (Fsp3) is 0.333. The molecule has 0 aromatic heterocycles. The molecule has 0 saturated carbocycles. The van der Waals surface area contributed by atoms with Crippen molar-refractivity contribution in [2.45, 2.75) is 45.5 Å². The topological polar surface area (TPSA) is 78.6 Å². The van der Waals surface area contributed by atoms with E-state index < -0.39 is 18.3 Å². The number of primary amides is 1. The van der Waals surface area contributed by atoms with E-state index in [2.05, 4.69) is 5.73 Å². The van der Waals surface area contributed by atoms with Crippen LogP contribution < -0.4 is 5.73 Å². The van der Waals surface area contributed by atoms with E-state index >= 15 is 0 Å². The van der Waals surface area contributed by atoms with Crippen molar-refractivity contribution in [2.75, 3.05) is 0 Å². The highest BCUT2D eigenvalue weighted by atomic mass is 19.3. The lowest BCUT2D eigenvalue weighted by molar-refractivity contribution is -0.154. The molecule has 1 aliphatic carbocycles. The number of hydrogen-bond donors (Lipinski definition) is 1. The monoisotopic (exact) mass is 391 g/mol. The Morgan fingerprint density at radius 1 is 1.14 bits per heavy atom. The number of carbonyl (C=O) groups is 2. The van der Waals surface area contributed by atoms with Crippen LogP contribution >= 0.6 is 0 Å². The zero-order valence-electron chi connectivity index (χ0n) is 15.9. The summed E-state index contributed by atoms with van der Waals surface area (Å²) in [7, 11) is 0. The Morgan fingerprint density at radius 2 is 1.75 bits per heavy atom. The highest BCUT2D eigenvalue weighted by Crippen LogP contribution is 2.46. The van der Waals surface area contributed by atoms with Gasteiger partial charge in [-0.25, -0.2) is 0 Å². The van der Waals surface area contributed by atoms with Crippen LogP contribution in [-0.4, -0.2) is 24.6 Å². The van der Waals surface area contributed by atoms with Crippen LogP contribution in [0.1, 0.15) is 43.6 Å². The third kappa shape index (κ3) is 5.36. The number of alkyl halides is 2. The number of carbonyl (C=O) groups excluding carboxylic acids is 2. The second-order valence-corrected chi connectivity index (χ2v) is 7.18. The highest BCUT2D eigenvalue weighted by molar-refractivity contribution is 5.80. The average Bonchev–Trinajstić information content (AvgIpc) is 2.87. The minimum atomic E-state index is -2.86. The fourth-order valence-corrected chi connectivity index (χ4v) is 3.11. The quantitative estimate of drug-likeness (QED) is 0.632. The molecule has 1 unspecified atom stereocenters. The molecular formula is C21H23F2NO4. The first-order valence-corrected chi connectivity index (χ1v) is 8.69. The number of fused-ring (bicyclic) bond motifs is 3. The molecule has 0 aliphatic heterocycles. The Kier molecular flexibility index (Phi) is 6.85. The van der Waals surface area contributed by atoms with Crippen molar-refractivity contribution in [3.63, 3.8) is 0 Å². The first-order valence-electron chi connectivity index (χ1n) is 8.69. The maximum absolute atomic E-state index is 12.8. The molecule has 7 heteroatoms. The standard InChI is InChI=1S/C20H20F2O3.CH3NO/c1-20(2,3)25-17(23)11-12-8-9-15-16(10-12)13-6-4-5-7-14(13)18(15)24-19(21)22;2-1-3/h4-10,18-19H,11H2,1-3H3;1H,(H2,2,3). The van der Waals surface area contributed by atoms with Gasteiger partial charge in [-0.3, -0.25) is 9.59 Å². The van der Waals surface area contributed by atoms with Crippen LogP contribution in [0.4, 0.5) is 8.78 Å². The van der Waals surface area contributed by atoms with Crippen molar-refractivity contribution >= 4 is 12.4 Å². The van der Waals surface area contributed by atoms with Crippen LogP contribution in [-0.2, 0) is 25.5 Å². The summed E-state index contributed by atoms with van der Waals surface area (Å²) in [6.45, 7) is 2.59. The van der Waals surface area contributed by atoms with Gasteiger partial charge in [0.1, 0.15) is 11.7 Å². The molecule has 2 N–H and O–H groups in total. The number of rotatable bonds is 4. The molecule has 1 atom stereocenters. The summed E-state index contributed by atoms with van der Waals surface area (Å²) < 4.78 is 35.8. The second kappa shape index (κ2) is 8.93. The zero-order valence-corrected chi connectivity index (χ0v) is 15.9. The van der Waals surface area contributed by atoms with Gasteiger partial charge in [0.05, 0.1) is 6.42 Å². The predicted octanol–water partition coefficient (Wildman–Crippen LogP) is 3.98. The third-order valence-electron chi connectivity index (χ3n) is 3.94. The molecular weight excluding hydrogens is 368 g/mol. The Bertz CT molecular complexity index is 847. The van der Waals surface area contributed by atoms with E-state index in [0.29, 0.717) is 11.1 Å². The number of ether oxygens (including phenoxy) is 2. The number of halogens is 2. The van der Waals surface area contributed by atoms with Gasteiger partial charge in [-0.2, -0.15) is 8.78 Å². The van der Waals surface area contributed by atoms with Gasteiger partial charge in [-0.15, -0.1) is 0 Å². The van der Waals surface area contributed by atoms with Gasteiger partial charge in [-0.05, 0) is 48.6 Å². The predicted molar refractivity (Wildman–Crippen MR) is 101 cm³/mol. The van der Waals surface area contributed by atoms with Crippen molar-refractivity contribution < 1.29 is 27.8 Å². The van der Waals surface area contributed by atoms with E-state index in [1.807, 2.05) is 39.0 Å². The van der Waals surface area contributed by atoms with E-state index in [1.165, 1.54) is 0 Å². The molecule has 0 radical (unpaired) electrons. The van der Waals surface area contributed by atoms with Crippen molar-refractivity contribution in [2.24, 2.45) is 5.73 Å². The van der Waals surface area contributed by atoms with Gasteiger partial charge in [-0.1, -0.05) is 42.5 Å². The molecule has 0 saturated heterocycles. The summed E-state index contributed by atoms with van der Waals surface area (Å²) in [4.78, 5) is 20.6. The molecule has 0 spiro atoms. The average molecular weight is 391 g/mol. The molecule has 0 bridgehead atoms. The molecule has 2 aromatic rings. The van der Waals surface area contributed by atoms with Gasteiger partial charge >= 0.3 is 12.6 Å². The number of hydrogen-bond acceptors (Lipinski definition) is 4. The van der Waals surface area contributed by atoms with Crippen molar-refractivity contribution in [3.8, 4) is 11.1 Å². The molecule has 1 aliphatic rings. The molecule has 150 valence electrons. The van der Waals surface area contributed by atoms with Crippen molar-refractivity contribution in [1.82, 2.24) is 0 Å². The second-order valence-electron chi connectivity index (χ2n) is 7.18. The molecule has 2 aromatic carbocycles. The SMILES string of the molecule is CC(C)(C)OC(=O)Cc1ccc2c(c1)-c1ccccc1C2OC(F)F.NC=O. The summed E-state index contributed by atoms with van der Waals surface area (Å²) in [6.07, 6.45) is -0.408. The number of benzene rings is 2. The maximum atomic E-state index is 12.8. The van der Waals surface area contributed by atoms with Crippen LogP contribution in [0.2, 0.25) is 0 Å². The molecule has 0 heterocycles. The smallest absolute Gasteiger partial charge is 0.346 e. The number of nitrogens with two attached hydrogens (primary N) is 1. The van der Waals surface area contributed by atoms with Crippen LogP contribution in [0, 0.1) is 0 Å². The molecule has 1 amide bonds. The highest BCUT2D eigenvalue weighted by Gasteiger charge is 2.31.